The number of allylic oxidation sites excluding steroid dienone is 1. The minimum Gasteiger partial charge on any atom is -0.330 e. The lowest BCUT2D eigenvalue weighted by atomic mass is 10.2. The third kappa shape index (κ3) is 10.3. The predicted molar refractivity (Wildman–Crippen MR) is 74.3 cm³/mol. The summed E-state index contributed by atoms with van der Waals surface area (Å²) >= 11 is 0. The minimum atomic E-state index is -0.315. The van der Waals surface area contributed by atoms with E-state index in [9.17, 15) is 10.0 Å². The van der Waals surface area contributed by atoms with Crippen molar-refractivity contribution in [1.82, 2.24) is 5.06 Å². The molecule has 0 spiro atoms. The Labute approximate surface area is 111 Å². The topological polar surface area (TPSA) is 66.6 Å². The number of hydrogen-bond donors (Lipinski definition) is 2. The van der Waals surface area contributed by atoms with Crippen LogP contribution in [0.2, 0.25) is 0 Å². The summed E-state index contributed by atoms with van der Waals surface area (Å²) in [5.74, 6) is -0.315. The number of nitrogens with zero attached hydrogens (tertiary/aromatic N) is 1. The second kappa shape index (κ2) is 12.6. The minimum absolute atomic E-state index is 0.315. The van der Waals surface area contributed by atoms with Gasteiger partial charge in [0, 0.05) is 12.6 Å². The SMILES string of the molecule is CCCCC/C=C/C(=O)N(O)CCCCCCN. The van der Waals surface area contributed by atoms with Crippen molar-refractivity contribution >= 4 is 5.91 Å². The number of nitrogens with two attached hydrogens (primary N) is 1. The summed E-state index contributed by atoms with van der Waals surface area (Å²) in [7, 11) is 0. The number of hydroxylamine groups is 2. The van der Waals surface area contributed by atoms with Gasteiger partial charge >= 0.3 is 0 Å². The van der Waals surface area contributed by atoms with Gasteiger partial charge < -0.3 is 5.73 Å². The van der Waals surface area contributed by atoms with Crippen LogP contribution in [-0.4, -0.2) is 29.3 Å². The molecule has 3 N–H and O–H groups in total. The Morgan fingerprint density at radius 2 is 1.89 bits per heavy atom. The van der Waals surface area contributed by atoms with E-state index >= 15 is 0 Å². The van der Waals surface area contributed by atoms with Crippen LogP contribution in [0.25, 0.3) is 0 Å². The average molecular weight is 256 g/mol. The maximum Gasteiger partial charge on any atom is 0.269 e. The lowest BCUT2D eigenvalue weighted by molar-refractivity contribution is -0.159. The summed E-state index contributed by atoms with van der Waals surface area (Å²) in [5, 5.41) is 10.3. The first kappa shape index (κ1) is 17.1. The first-order valence-electron chi connectivity index (χ1n) is 7.09. The first-order chi connectivity index (χ1) is 8.72. The standard InChI is InChI=1S/C14H28N2O2/c1-2-3-4-5-8-11-14(17)16(18)13-10-7-6-9-12-15/h8,11,18H,2-7,9-10,12-13,15H2,1H3/b11-8+. The molecule has 0 saturated heterocycles. The van der Waals surface area contributed by atoms with E-state index in [2.05, 4.69) is 6.92 Å². The van der Waals surface area contributed by atoms with E-state index < -0.39 is 0 Å². The highest BCUT2D eigenvalue weighted by Gasteiger charge is 2.05. The van der Waals surface area contributed by atoms with Crippen LogP contribution in [0.1, 0.15) is 58.3 Å². The number of unbranched alkanes of at least 4 members (excludes halogenated alkanes) is 6. The molecular formula is C14H28N2O2. The quantitative estimate of drug-likeness (QED) is 0.258. The number of hydrogen-bond acceptors (Lipinski definition) is 3. The van der Waals surface area contributed by atoms with Crippen molar-refractivity contribution in [3.8, 4) is 0 Å². The molecule has 106 valence electrons. The van der Waals surface area contributed by atoms with Crippen molar-refractivity contribution in [2.75, 3.05) is 13.1 Å². The molecule has 18 heavy (non-hydrogen) atoms. The summed E-state index contributed by atoms with van der Waals surface area (Å²) in [5.41, 5.74) is 5.39. The predicted octanol–water partition coefficient (Wildman–Crippen LogP) is 2.86. The van der Waals surface area contributed by atoms with Gasteiger partial charge in [0.15, 0.2) is 0 Å². The summed E-state index contributed by atoms with van der Waals surface area (Å²) < 4.78 is 0. The zero-order valence-corrected chi connectivity index (χ0v) is 11.6. The van der Waals surface area contributed by atoms with Crippen molar-refractivity contribution in [2.24, 2.45) is 5.73 Å². The molecule has 0 aliphatic heterocycles. The summed E-state index contributed by atoms with van der Waals surface area (Å²) in [6, 6.07) is 0. The van der Waals surface area contributed by atoms with Gasteiger partial charge in [0.25, 0.3) is 5.91 Å². The van der Waals surface area contributed by atoms with Crippen LogP contribution < -0.4 is 5.73 Å². The van der Waals surface area contributed by atoms with E-state index in [-0.39, 0.29) is 5.91 Å². The van der Waals surface area contributed by atoms with Gasteiger partial charge in [0.05, 0.1) is 0 Å². The van der Waals surface area contributed by atoms with E-state index in [1.165, 1.54) is 18.9 Å². The van der Waals surface area contributed by atoms with E-state index in [4.69, 9.17) is 5.73 Å². The molecule has 0 aliphatic carbocycles. The molecule has 0 aromatic heterocycles. The van der Waals surface area contributed by atoms with Crippen LogP contribution >= 0.6 is 0 Å². The van der Waals surface area contributed by atoms with Crippen molar-refractivity contribution < 1.29 is 10.0 Å². The summed E-state index contributed by atoms with van der Waals surface area (Å²) in [6.07, 6.45) is 11.6. The fourth-order valence-electron chi connectivity index (χ4n) is 1.65. The van der Waals surface area contributed by atoms with Crippen LogP contribution in [0.4, 0.5) is 0 Å². The van der Waals surface area contributed by atoms with Crippen molar-refractivity contribution in [3.05, 3.63) is 12.2 Å². The van der Waals surface area contributed by atoms with Crippen LogP contribution in [0, 0.1) is 0 Å². The van der Waals surface area contributed by atoms with Gasteiger partial charge in [-0.1, -0.05) is 38.7 Å². The lowest BCUT2D eigenvalue weighted by Gasteiger charge is -2.12. The molecule has 0 saturated carbocycles. The Bertz CT molecular complexity index is 230. The highest BCUT2D eigenvalue weighted by Crippen LogP contribution is 2.02. The molecule has 0 rings (SSSR count). The Morgan fingerprint density at radius 3 is 2.56 bits per heavy atom. The van der Waals surface area contributed by atoms with Gasteiger partial charge in [0.2, 0.25) is 0 Å². The second-order valence-corrected chi connectivity index (χ2v) is 4.56. The molecule has 0 heterocycles. The van der Waals surface area contributed by atoms with E-state index in [1.54, 1.807) is 0 Å². The van der Waals surface area contributed by atoms with Crippen LogP contribution in [0.5, 0.6) is 0 Å². The smallest absolute Gasteiger partial charge is 0.269 e. The van der Waals surface area contributed by atoms with Crippen LogP contribution in [-0.2, 0) is 4.79 Å². The zero-order valence-electron chi connectivity index (χ0n) is 11.6. The normalized spacial score (nSPS) is 11.1. The Hall–Kier alpha value is -0.870. The van der Waals surface area contributed by atoms with Gasteiger partial charge in [-0.25, -0.2) is 5.06 Å². The van der Waals surface area contributed by atoms with E-state index in [1.807, 2.05) is 6.08 Å². The first-order valence-corrected chi connectivity index (χ1v) is 7.09. The fraction of sp³-hybridized carbons (Fsp3) is 0.786. The van der Waals surface area contributed by atoms with Crippen LogP contribution in [0.3, 0.4) is 0 Å². The van der Waals surface area contributed by atoms with Crippen molar-refractivity contribution in [3.63, 3.8) is 0 Å². The van der Waals surface area contributed by atoms with Gasteiger partial charge in [-0.15, -0.1) is 0 Å². The third-order valence-electron chi connectivity index (χ3n) is 2.81. The summed E-state index contributed by atoms with van der Waals surface area (Å²) in [4.78, 5) is 11.5. The monoisotopic (exact) mass is 256 g/mol. The Balaban J connectivity index is 3.56. The largest absolute Gasteiger partial charge is 0.330 e. The molecule has 0 aromatic carbocycles. The van der Waals surface area contributed by atoms with Gasteiger partial charge in [-0.2, -0.15) is 0 Å². The van der Waals surface area contributed by atoms with E-state index in [0.717, 1.165) is 43.6 Å². The fourth-order valence-corrected chi connectivity index (χ4v) is 1.65. The number of amides is 1. The second-order valence-electron chi connectivity index (χ2n) is 4.56. The van der Waals surface area contributed by atoms with Gasteiger partial charge in [-0.05, 0) is 32.2 Å². The molecule has 0 aromatic rings. The number of carbonyl (C=O) groups excluding carboxylic acids is 1. The zero-order chi connectivity index (χ0) is 13.6. The molecule has 0 radical (unpaired) electrons. The van der Waals surface area contributed by atoms with Crippen molar-refractivity contribution in [2.45, 2.75) is 58.3 Å². The molecule has 0 bridgehead atoms. The van der Waals surface area contributed by atoms with Gasteiger partial charge in [0.1, 0.15) is 0 Å². The molecule has 0 aliphatic rings. The van der Waals surface area contributed by atoms with Gasteiger partial charge in [-0.3, -0.25) is 10.0 Å². The molecule has 0 fully saturated rings. The maximum absolute atomic E-state index is 11.5. The average Bonchev–Trinajstić information content (AvgIpc) is 2.37. The lowest BCUT2D eigenvalue weighted by Crippen LogP contribution is -2.26. The molecule has 0 unspecified atom stereocenters. The number of carbonyl (C=O) groups is 1. The van der Waals surface area contributed by atoms with Crippen LogP contribution in [0.15, 0.2) is 12.2 Å². The highest BCUT2D eigenvalue weighted by atomic mass is 16.5. The van der Waals surface area contributed by atoms with E-state index in [0.29, 0.717) is 13.1 Å². The molecule has 4 heteroatoms. The molecule has 4 nitrogen and oxygen atoms in total. The summed E-state index contributed by atoms with van der Waals surface area (Å²) in [6.45, 7) is 3.26. The molecular weight excluding hydrogens is 228 g/mol. The molecule has 0 atom stereocenters. The Kier molecular flexibility index (Phi) is 12.0. The van der Waals surface area contributed by atoms with Crippen molar-refractivity contribution in [1.29, 1.82) is 0 Å². The molecule has 1 amide bonds. The third-order valence-corrected chi connectivity index (χ3v) is 2.81. The number of rotatable bonds is 11. The maximum atomic E-state index is 11.5. The Morgan fingerprint density at radius 1 is 1.17 bits per heavy atom. The highest BCUT2D eigenvalue weighted by molar-refractivity contribution is 5.86.